The van der Waals surface area contributed by atoms with Crippen molar-refractivity contribution in [1.29, 1.82) is 0 Å². The van der Waals surface area contributed by atoms with Crippen molar-refractivity contribution in [3.63, 3.8) is 0 Å². The quantitative estimate of drug-likeness (QED) is 0.733. The maximum Gasteiger partial charge on any atom is 0.0629 e. The zero-order valence-corrected chi connectivity index (χ0v) is 11.7. The summed E-state index contributed by atoms with van der Waals surface area (Å²) in [6.07, 6.45) is 3.80. The first-order valence-corrected chi connectivity index (χ1v) is 7.00. The van der Waals surface area contributed by atoms with E-state index in [9.17, 15) is 0 Å². The molecule has 0 spiro atoms. The Kier molecular flexibility index (Phi) is 2.96. The summed E-state index contributed by atoms with van der Waals surface area (Å²) in [5.74, 6) is 0. The molecular weight excluding hydrogens is 250 g/mol. The molecule has 0 fully saturated rings. The van der Waals surface area contributed by atoms with Crippen molar-refractivity contribution in [3.05, 3.63) is 60.7 Å². The minimum absolute atomic E-state index is 1.13. The van der Waals surface area contributed by atoms with Gasteiger partial charge in [-0.3, -0.25) is 0 Å². The molecule has 2 aromatic carbocycles. The molecule has 0 N–H and O–H groups in total. The molecule has 0 saturated carbocycles. The highest BCUT2D eigenvalue weighted by atomic mass is 32.2. The number of benzene rings is 2. The Bertz CT molecular complexity index is 673. The summed E-state index contributed by atoms with van der Waals surface area (Å²) in [4.78, 5) is 4.80. The van der Waals surface area contributed by atoms with Crippen LogP contribution in [-0.2, 0) is 0 Å². The number of hydrogen-bond donors (Lipinski definition) is 0. The maximum absolute atomic E-state index is 3.95. The van der Waals surface area contributed by atoms with E-state index in [-0.39, 0.29) is 0 Å². The second-order valence-electron chi connectivity index (χ2n) is 4.45. The number of rotatable bonds is 2. The van der Waals surface area contributed by atoms with E-state index < -0.39 is 0 Å². The SMILES string of the molecule is C=Cc1ccc2c(c1C=C)N(C)c1ccccc1S2. The fraction of sp³-hybridized carbons (Fsp3) is 0.0588. The van der Waals surface area contributed by atoms with Crippen molar-refractivity contribution < 1.29 is 0 Å². The van der Waals surface area contributed by atoms with Crippen molar-refractivity contribution in [2.45, 2.75) is 9.79 Å². The van der Waals surface area contributed by atoms with Crippen LogP contribution in [0.2, 0.25) is 0 Å². The maximum atomic E-state index is 3.95. The lowest BCUT2D eigenvalue weighted by molar-refractivity contribution is 1.11. The van der Waals surface area contributed by atoms with E-state index in [4.69, 9.17) is 0 Å². The van der Waals surface area contributed by atoms with Gasteiger partial charge >= 0.3 is 0 Å². The van der Waals surface area contributed by atoms with Crippen LogP contribution in [0.3, 0.4) is 0 Å². The van der Waals surface area contributed by atoms with E-state index in [2.05, 4.69) is 61.5 Å². The molecule has 0 amide bonds. The normalized spacial score (nSPS) is 12.6. The minimum Gasteiger partial charge on any atom is -0.342 e. The molecule has 0 saturated heterocycles. The highest BCUT2D eigenvalue weighted by molar-refractivity contribution is 7.99. The van der Waals surface area contributed by atoms with Crippen molar-refractivity contribution in [2.75, 3.05) is 11.9 Å². The van der Waals surface area contributed by atoms with Crippen LogP contribution >= 0.6 is 11.8 Å². The van der Waals surface area contributed by atoms with E-state index >= 15 is 0 Å². The summed E-state index contributed by atoms with van der Waals surface area (Å²) in [6, 6.07) is 12.7. The fourth-order valence-electron chi connectivity index (χ4n) is 2.48. The molecule has 1 heterocycles. The van der Waals surface area contributed by atoms with Crippen LogP contribution in [-0.4, -0.2) is 7.05 Å². The monoisotopic (exact) mass is 265 g/mol. The summed E-state index contributed by atoms with van der Waals surface area (Å²) in [5, 5.41) is 0. The van der Waals surface area contributed by atoms with E-state index in [1.807, 2.05) is 23.9 Å². The fourth-order valence-corrected chi connectivity index (χ4v) is 3.66. The number of para-hydroxylation sites is 1. The van der Waals surface area contributed by atoms with E-state index in [0.717, 1.165) is 11.1 Å². The van der Waals surface area contributed by atoms with Gasteiger partial charge in [0.1, 0.15) is 0 Å². The zero-order chi connectivity index (χ0) is 13.4. The first-order chi connectivity index (χ1) is 9.26. The minimum atomic E-state index is 1.13. The highest BCUT2D eigenvalue weighted by Crippen LogP contribution is 2.49. The molecular formula is C17H15NS. The highest BCUT2D eigenvalue weighted by Gasteiger charge is 2.23. The van der Waals surface area contributed by atoms with Crippen molar-refractivity contribution in [3.8, 4) is 0 Å². The standard InChI is InChI=1S/C17H15NS/c1-4-12-10-11-16-17(13(12)5-2)18(3)14-8-6-7-9-15(14)19-16/h4-11H,1-2H2,3H3. The van der Waals surface area contributed by atoms with E-state index in [1.165, 1.54) is 21.2 Å². The third-order valence-corrected chi connectivity index (χ3v) is 4.53. The van der Waals surface area contributed by atoms with E-state index in [1.54, 1.807) is 0 Å². The van der Waals surface area contributed by atoms with Crippen LogP contribution in [0.4, 0.5) is 11.4 Å². The Labute approximate surface area is 118 Å². The molecule has 1 nitrogen and oxygen atoms in total. The lowest BCUT2D eigenvalue weighted by Crippen LogP contribution is -2.16. The van der Waals surface area contributed by atoms with Crippen LogP contribution in [0.25, 0.3) is 12.2 Å². The van der Waals surface area contributed by atoms with Crippen molar-refractivity contribution in [2.24, 2.45) is 0 Å². The van der Waals surface area contributed by atoms with Gasteiger partial charge in [-0.2, -0.15) is 0 Å². The van der Waals surface area contributed by atoms with Gasteiger partial charge in [-0.25, -0.2) is 0 Å². The molecule has 0 radical (unpaired) electrons. The first kappa shape index (κ1) is 12.1. The predicted octanol–water partition coefficient (Wildman–Crippen LogP) is 5.21. The largest absolute Gasteiger partial charge is 0.342 e. The second-order valence-corrected chi connectivity index (χ2v) is 5.54. The van der Waals surface area contributed by atoms with Gasteiger partial charge in [-0.1, -0.05) is 55.3 Å². The summed E-state index contributed by atoms with van der Waals surface area (Å²) < 4.78 is 0. The Morgan fingerprint density at radius 2 is 1.79 bits per heavy atom. The van der Waals surface area contributed by atoms with Crippen LogP contribution in [0.15, 0.2) is 59.3 Å². The van der Waals surface area contributed by atoms with Crippen LogP contribution in [0.5, 0.6) is 0 Å². The van der Waals surface area contributed by atoms with Gasteiger partial charge in [0.25, 0.3) is 0 Å². The Balaban J connectivity index is 2.26. The van der Waals surface area contributed by atoms with Gasteiger partial charge in [0.15, 0.2) is 0 Å². The number of hydrogen-bond acceptors (Lipinski definition) is 2. The summed E-state index contributed by atoms with van der Waals surface area (Å²) >= 11 is 1.81. The van der Waals surface area contributed by atoms with Crippen molar-refractivity contribution >= 4 is 35.3 Å². The average Bonchev–Trinajstić information content (AvgIpc) is 2.46. The van der Waals surface area contributed by atoms with Crippen LogP contribution in [0, 0.1) is 0 Å². The van der Waals surface area contributed by atoms with Gasteiger partial charge in [-0.15, -0.1) is 0 Å². The van der Waals surface area contributed by atoms with Gasteiger partial charge in [0.05, 0.1) is 11.4 Å². The molecule has 2 heteroatoms. The number of fused-ring (bicyclic) bond motifs is 2. The number of anilines is 2. The molecule has 2 aromatic rings. The smallest absolute Gasteiger partial charge is 0.0629 e. The third kappa shape index (κ3) is 1.80. The van der Waals surface area contributed by atoms with Gasteiger partial charge in [-0.05, 0) is 23.8 Å². The molecule has 0 atom stereocenters. The van der Waals surface area contributed by atoms with Crippen LogP contribution < -0.4 is 4.90 Å². The molecule has 0 aromatic heterocycles. The third-order valence-electron chi connectivity index (χ3n) is 3.42. The summed E-state index contributed by atoms with van der Waals surface area (Å²) in [5.41, 5.74) is 4.73. The Morgan fingerprint density at radius 1 is 1.00 bits per heavy atom. The molecule has 0 aliphatic carbocycles. The second kappa shape index (κ2) is 4.63. The van der Waals surface area contributed by atoms with Gasteiger partial charge in [0.2, 0.25) is 0 Å². The van der Waals surface area contributed by atoms with Gasteiger partial charge in [0, 0.05) is 22.4 Å². The Hall–Kier alpha value is -1.93. The zero-order valence-electron chi connectivity index (χ0n) is 10.9. The molecule has 0 bridgehead atoms. The number of nitrogens with zero attached hydrogens (tertiary/aromatic N) is 1. The summed E-state index contributed by atoms with van der Waals surface area (Å²) in [6.45, 7) is 7.84. The molecule has 19 heavy (non-hydrogen) atoms. The molecule has 94 valence electrons. The van der Waals surface area contributed by atoms with E-state index in [0.29, 0.717) is 0 Å². The molecule has 3 rings (SSSR count). The average molecular weight is 265 g/mol. The van der Waals surface area contributed by atoms with Crippen LogP contribution in [0.1, 0.15) is 11.1 Å². The van der Waals surface area contributed by atoms with Gasteiger partial charge < -0.3 is 4.90 Å². The Morgan fingerprint density at radius 3 is 2.53 bits per heavy atom. The van der Waals surface area contributed by atoms with Crippen molar-refractivity contribution in [1.82, 2.24) is 0 Å². The summed E-state index contributed by atoms with van der Waals surface area (Å²) in [7, 11) is 2.11. The molecule has 0 unspecified atom stereocenters. The molecule has 1 aliphatic heterocycles. The first-order valence-electron chi connectivity index (χ1n) is 6.18. The topological polar surface area (TPSA) is 3.24 Å². The predicted molar refractivity (Wildman–Crippen MR) is 85.3 cm³/mol. The molecule has 1 aliphatic rings. The lowest BCUT2D eigenvalue weighted by Gasteiger charge is -2.31. The lowest BCUT2D eigenvalue weighted by atomic mass is 10.0.